The first-order chi connectivity index (χ1) is 11.9. The Bertz CT molecular complexity index is 823. The predicted molar refractivity (Wildman–Crippen MR) is 101 cm³/mol. The largest absolute Gasteiger partial charge is 0.351 e. The molecule has 1 saturated heterocycles. The van der Waals surface area contributed by atoms with E-state index in [-0.39, 0.29) is 11.8 Å². The van der Waals surface area contributed by atoms with Gasteiger partial charge in [-0.25, -0.2) is 12.7 Å². The van der Waals surface area contributed by atoms with Crippen molar-refractivity contribution in [3.8, 4) is 10.4 Å². The molecule has 1 N–H and O–H groups in total. The lowest BCUT2D eigenvalue weighted by molar-refractivity contribution is -0.126. The molecule has 134 valence electrons. The average molecular weight is 379 g/mol. The first-order valence-corrected chi connectivity index (χ1v) is 11.0. The van der Waals surface area contributed by atoms with E-state index in [1.807, 2.05) is 24.3 Å². The van der Waals surface area contributed by atoms with Gasteiger partial charge >= 0.3 is 0 Å². The van der Waals surface area contributed by atoms with Crippen LogP contribution in [0.15, 0.2) is 42.5 Å². The Labute approximate surface area is 152 Å². The SMILES string of the molecule is CS(=O)(=O)N1CCC(C(=O)NCc2ccc(-c3ccccc3)s2)CC1. The highest BCUT2D eigenvalue weighted by molar-refractivity contribution is 7.88. The highest BCUT2D eigenvalue weighted by atomic mass is 32.2. The Morgan fingerprint density at radius 1 is 1.16 bits per heavy atom. The normalized spacial score (nSPS) is 16.7. The van der Waals surface area contributed by atoms with Crippen molar-refractivity contribution in [2.75, 3.05) is 19.3 Å². The number of carbonyl (C=O) groups is 1. The molecule has 1 fully saturated rings. The average Bonchev–Trinajstić information content (AvgIpc) is 3.09. The van der Waals surface area contributed by atoms with Gasteiger partial charge in [0.25, 0.3) is 0 Å². The van der Waals surface area contributed by atoms with E-state index >= 15 is 0 Å². The Balaban J connectivity index is 1.51. The van der Waals surface area contributed by atoms with Crippen LogP contribution in [0.25, 0.3) is 10.4 Å². The Morgan fingerprint density at radius 3 is 2.48 bits per heavy atom. The number of nitrogens with one attached hydrogen (secondary N) is 1. The Kier molecular flexibility index (Phi) is 5.56. The molecule has 0 atom stereocenters. The maximum atomic E-state index is 12.3. The summed E-state index contributed by atoms with van der Waals surface area (Å²) in [5.74, 6) is -0.0885. The van der Waals surface area contributed by atoms with Crippen molar-refractivity contribution in [1.29, 1.82) is 0 Å². The zero-order chi connectivity index (χ0) is 17.9. The van der Waals surface area contributed by atoms with Crippen LogP contribution in [0.2, 0.25) is 0 Å². The van der Waals surface area contributed by atoms with Crippen molar-refractivity contribution in [2.45, 2.75) is 19.4 Å². The van der Waals surface area contributed by atoms with E-state index in [1.54, 1.807) is 11.3 Å². The molecule has 0 unspecified atom stereocenters. The summed E-state index contributed by atoms with van der Waals surface area (Å²) in [7, 11) is -3.15. The smallest absolute Gasteiger partial charge is 0.223 e. The van der Waals surface area contributed by atoms with Crippen molar-refractivity contribution in [2.24, 2.45) is 5.92 Å². The number of hydrogen-bond donors (Lipinski definition) is 1. The first-order valence-electron chi connectivity index (χ1n) is 8.30. The molecule has 0 spiro atoms. The van der Waals surface area contributed by atoms with Crippen LogP contribution in [0.4, 0.5) is 0 Å². The fourth-order valence-corrected chi connectivity index (χ4v) is 4.83. The van der Waals surface area contributed by atoms with Crippen LogP contribution < -0.4 is 5.32 Å². The molecular formula is C18H22N2O3S2. The van der Waals surface area contributed by atoms with Gasteiger partial charge in [0.2, 0.25) is 15.9 Å². The molecule has 1 amide bonds. The summed E-state index contributed by atoms with van der Waals surface area (Å²) in [5, 5.41) is 2.99. The molecule has 0 radical (unpaired) electrons. The van der Waals surface area contributed by atoms with Gasteiger partial charge in [-0.15, -0.1) is 11.3 Å². The first kappa shape index (κ1) is 18.1. The molecule has 0 bridgehead atoms. The topological polar surface area (TPSA) is 66.5 Å². The zero-order valence-corrected chi connectivity index (χ0v) is 15.8. The van der Waals surface area contributed by atoms with E-state index in [9.17, 15) is 13.2 Å². The second kappa shape index (κ2) is 7.68. The molecule has 5 nitrogen and oxygen atoms in total. The summed E-state index contributed by atoms with van der Waals surface area (Å²) in [6.07, 6.45) is 2.38. The van der Waals surface area contributed by atoms with Crippen LogP contribution in [-0.2, 0) is 21.4 Å². The number of sulfonamides is 1. The fourth-order valence-electron chi connectivity index (χ4n) is 3.00. The number of benzene rings is 1. The van der Waals surface area contributed by atoms with Crippen LogP contribution in [0.3, 0.4) is 0 Å². The molecule has 1 aromatic carbocycles. The molecule has 2 heterocycles. The van der Waals surface area contributed by atoms with Gasteiger partial charge in [0.15, 0.2) is 0 Å². The van der Waals surface area contributed by atoms with Crippen molar-refractivity contribution < 1.29 is 13.2 Å². The Morgan fingerprint density at radius 2 is 1.84 bits per heavy atom. The van der Waals surface area contributed by atoms with E-state index in [0.717, 1.165) is 4.88 Å². The number of carbonyl (C=O) groups excluding carboxylic acids is 1. The van der Waals surface area contributed by atoms with Gasteiger partial charge in [-0.2, -0.15) is 0 Å². The van der Waals surface area contributed by atoms with Gasteiger partial charge in [-0.3, -0.25) is 4.79 Å². The van der Waals surface area contributed by atoms with Crippen LogP contribution >= 0.6 is 11.3 Å². The van der Waals surface area contributed by atoms with E-state index in [2.05, 4.69) is 23.5 Å². The highest BCUT2D eigenvalue weighted by Gasteiger charge is 2.28. The van der Waals surface area contributed by atoms with Gasteiger partial charge in [0.05, 0.1) is 12.8 Å². The summed E-state index contributed by atoms with van der Waals surface area (Å²) in [4.78, 5) is 14.6. The predicted octanol–water partition coefficient (Wildman–Crippen LogP) is 2.70. The van der Waals surface area contributed by atoms with E-state index in [4.69, 9.17) is 0 Å². The van der Waals surface area contributed by atoms with Gasteiger partial charge in [0.1, 0.15) is 0 Å². The maximum absolute atomic E-state index is 12.3. The number of nitrogens with zero attached hydrogens (tertiary/aromatic N) is 1. The summed E-state index contributed by atoms with van der Waals surface area (Å²) in [5.41, 5.74) is 1.18. The molecule has 1 aliphatic rings. The molecular weight excluding hydrogens is 356 g/mol. The highest BCUT2D eigenvalue weighted by Crippen LogP contribution is 2.28. The quantitative estimate of drug-likeness (QED) is 0.870. The van der Waals surface area contributed by atoms with Crippen LogP contribution in [0.5, 0.6) is 0 Å². The molecule has 7 heteroatoms. The molecule has 1 aliphatic heterocycles. The van der Waals surface area contributed by atoms with Crippen LogP contribution in [0.1, 0.15) is 17.7 Å². The number of thiophene rings is 1. The van der Waals surface area contributed by atoms with Gasteiger partial charge in [-0.05, 0) is 30.5 Å². The van der Waals surface area contributed by atoms with Gasteiger partial charge in [-0.1, -0.05) is 30.3 Å². The van der Waals surface area contributed by atoms with Crippen molar-refractivity contribution in [3.05, 3.63) is 47.3 Å². The van der Waals surface area contributed by atoms with Crippen LogP contribution in [0, 0.1) is 5.92 Å². The third-order valence-electron chi connectivity index (χ3n) is 4.45. The lowest BCUT2D eigenvalue weighted by Gasteiger charge is -2.29. The summed E-state index contributed by atoms with van der Waals surface area (Å²) < 4.78 is 24.5. The van der Waals surface area contributed by atoms with E-state index in [1.165, 1.54) is 21.0 Å². The van der Waals surface area contributed by atoms with Crippen molar-refractivity contribution in [3.63, 3.8) is 0 Å². The number of hydrogen-bond acceptors (Lipinski definition) is 4. The third kappa shape index (κ3) is 4.68. The second-order valence-corrected chi connectivity index (χ2v) is 9.44. The zero-order valence-electron chi connectivity index (χ0n) is 14.1. The molecule has 25 heavy (non-hydrogen) atoms. The summed E-state index contributed by atoms with van der Waals surface area (Å²) in [6.45, 7) is 1.37. The molecule has 0 aliphatic carbocycles. The summed E-state index contributed by atoms with van der Waals surface area (Å²) in [6, 6.07) is 14.3. The van der Waals surface area contributed by atoms with Crippen molar-refractivity contribution >= 4 is 27.3 Å². The number of piperidine rings is 1. The minimum Gasteiger partial charge on any atom is -0.351 e. The Hall–Kier alpha value is -1.70. The lowest BCUT2D eigenvalue weighted by atomic mass is 9.97. The molecule has 0 saturated carbocycles. The monoisotopic (exact) mass is 378 g/mol. The molecule has 3 rings (SSSR count). The standard InChI is InChI=1S/C18H22N2O3S2/c1-25(22,23)20-11-9-15(10-12-20)18(21)19-13-16-7-8-17(24-16)14-5-3-2-4-6-14/h2-8,15H,9-13H2,1H3,(H,19,21). The van der Waals surface area contributed by atoms with Crippen molar-refractivity contribution in [1.82, 2.24) is 9.62 Å². The number of rotatable bonds is 5. The minimum atomic E-state index is -3.15. The molecule has 2 aromatic rings. The third-order valence-corrected chi connectivity index (χ3v) is 6.89. The molecule has 1 aromatic heterocycles. The van der Waals surface area contributed by atoms with Gasteiger partial charge < -0.3 is 5.32 Å². The van der Waals surface area contributed by atoms with E-state index in [0.29, 0.717) is 32.5 Å². The maximum Gasteiger partial charge on any atom is 0.223 e. The summed E-state index contributed by atoms with van der Waals surface area (Å²) >= 11 is 1.68. The van der Waals surface area contributed by atoms with E-state index < -0.39 is 10.0 Å². The fraction of sp³-hybridized carbons (Fsp3) is 0.389. The van der Waals surface area contributed by atoms with Crippen LogP contribution in [-0.4, -0.2) is 38.0 Å². The van der Waals surface area contributed by atoms with Gasteiger partial charge in [0, 0.05) is 28.8 Å². The second-order valence-electron chi connectivity index (χ2n) is 6.29. The minimum absolute atomic E-state index is 0.0165. The lowest BCUT2D eigenvalue weighted by Crippen LogP contribution is -2.42. The number of amides is 1.